The molecular formula is C6H4Cl2N4S. The van der Waals surface area contributed by atoms with Gasteiger partial charge in [-0.3, -0.25) is 0 Å². The minimum Gasteiger partial charge on any atom is -0.238 e. The van der Waals surface area contributed by atoms with E-state index in [4.69, 9.17) is 23.2 Å². The fraction of sp³-hybridized carbons (Fsp3) is 0.167. The fourth-order valence-corrected chi connectivity index (χ4v) is 2.44. The van der Waals surface area contributed by atoms with E-state index in [9.17, 15) is 0 Å². The number of tetrazole rings is 1. The van der Waals surface area contributed by atoms with Crippen molar-refractivity contribution in [2.24, 2.45) is 0 Å². The van der Waals surface area contributed by atoms with Crippen molar-refractivity contribution in [3.05, 3.63) is 14.9 Å². The van der Waals surface area contributed by atoms with E-state index in [0.717, 1.165) is 10.4 Å². The third-order valence-corrected chi connectivity index (χ3v) is 3.78. The predicted octanol–water partition coefficient (Wildman–Crippen LogP) is 2.54. The van der Waals surface area contributed by atoms with Crippen LogP contribution in [0.5, 0.6) is 0 Å². The third-order valence-electron chi connectivity index (χ3n) is 1.59. The predicted molar refractivity (Wildman–Crippen MR) is 52.2 cm³/mol. The molecule has 0 amide bonds. The molecule has 0 aliphatic heterocycles. The van der Waals surface area contributed by atoms with E-state index in [-0.39, 0.29) is 0 Å². The molecule has 2 aromatic heterocycles. The van der Waals surface area contributed by atoms with E-state index in [1.165, 1.54) is 11.3 Å². The first-order valence-corrected chi connectivity index (χ1v) is 4.96. The Morgan fingerprint density at radius 2 is 2.15 bits per heavy atom. The minimum atomic E-state index is 0.561. The van der Waals surface area contributed by atoms with Crippen LogP contribution in [0, 0.1) is 6.92 Å². The molecule has 68 valence electrons. The lowest BCUT2D eigenvalue weighted by molar-refractivity contribution is 0.881. The normalized spacial score (nSPS) is 10.7. The van der Waals surface area contributed by atoms with Gasteiger partial charge in [-0.1, -0.05) is 23.2 Å². The van der Waals surface area contributed by atoms with Gasteiger partial charge in [0.1, 0.15) is 4.34 Å². The van der Waals surface area contributed by atoms with Gasteiger partial charge in [0.15, 0.2) is 5.82 Å². The molecule has 0 fully saturated rings. The Labute approximate surface area is 87.9 Å². The molecule has 4 nitrogen and oxygen atoms in total. The van der Waals surface area contributed by atoms with E-state index in [1.807, 2.05) is 6.92 Å². The van der Waals surface area contributed by atoms with Crippen LogP contribution in [0.15, 0.2) is 0 Å². The van der Waals surface area contributed by atoms with Crippen molar-refractivity contribution < 1.29 is 0 Å². The Hall–Kier alpha value is -0.650. The summed E-state index contributed by atoms with van der Waals surface area (Å²) in [7, 11) is 0. The molecule has 7 heteroatoms. The molecule has 2 heterocycles. The van der Waals surface area contributed by atoms with Gasteiger partial charge in [-0.15, -0.1) is 16.4 Å². The molecule has 2 rings (SSSR count). The number of hydrogen-bond donors (Lipinski definition) is 1. The highest BCUT2D eigenvalue weighted by Crippen LogP contribution is 2.40. The van der Waals surface area contributed by atoms with Crippen LogP contribution in [-0.4, -0.2) is 20.6 Å². The maximum atomic E-state index is 5.91. The summed E-state index contributed by atoms with van der Waals surface area (Å²) in [6, 6.07) is 0. The number of rotatable bonds is 1. The van der Waals surface area contributed by atoms with Gasteiger partial charge in [-0.05, 0) is 22.9 Å². The Bertz CT molecular complexity index is 422. The lowest BCUT2D eigenvalue weighted by atomic mass is 10.3. The van der Waals surface area contributed by atoms with Crippen molar-refractivity contribution in [3.63, 3.8) is 0 Å². The molecule has 0 aliphatic rings. The van der Waals surface area contributed by atoms with Crippen LogP contribution >= 0.6 is 34.5 Å². The summed E-state index contributed by atoms with van der Waals surface area (Å²) >= 11 is 13.1. The lowest BCUT2D eigenvalue weighted by Gasteiger charge is -1.90. The summed E-state index contributed by atoms with van der Waals surface area (Å²) in [6.07, 6.45) is 0. The highest BCUT2D eigenvalue weighted by Gasteiger charge is 2.15. The Morgan fingerprint density at radius 1 is 1.38 bits per heavy atom. The zero-order valence-corrected chi connectivity index (χ0v) is 8.83. The van der Waals surface area contributed by atoms with Crippen LogP contribution in [0.25, 0.3) is 10.7 Å². The summed E-state index contributed by atoms with van der Waals surface area (Å²) < 4.78 is 0.561. The van der Waals surface area contributed by atoms with Gasteiger partial charge in [-0.2, -0.15) is 0 Å². The number of H-pyrrole nitrogens is 1. The maximum absolute atomic E-state index is 5.91. The van der Waals surface area contributed by atoms with Gasteiger partial charge in [0.2, 0.25) is 0 Å². The number of halogens is 2. The second kappa shape index (κ2) is 3.25. The van der Waals surface area contributed by atoms with E-state index >= 15 is 0 Å². The number of hydrogen-bond acceptors (Lipinski definition) is 4. The number of nitrogens with zero attached hydrogens (tertiary/aromatic N) is 3. The first-order chi connectivity index (χ1) is 6.20. The fourth-order valence-electron chi connectivity index (χ4n) is 0.939. The second-order valence-electron chi connectivity index (χ2n) is 2.39. The topological polar surface area (TPSA) is 54.5 Å². The van der Waals surface area contributed by atoms with Gasteiger partial charge in [0.25, 0.3) is 0 Å². The first-order valence-electron chi connectivity index (χ1n) is 3.38. The summed E-state index contributed by atoms with van der Waals surface area (Å²) in [5, 5.41) is 14.0. The largest absolute Gasteiger partial charge is 0.238 e. The van der Waals surface area contributed by atoms with Crippen molar-refractivity contribution >= 4 is 34.5 Å². The molecule has 0 atom stereocenters. The molecule has 0 aliphatic carbocycles. The highest BCUT2D eigenvalue weighted by molar-refractivity contribution is 7.20. The van der Waals surface area contributed by atoms with Crippen molar-refractivity contribution in [1.82, 2.24) is 20.6 Å². The third kappa shape index (κ3) is 1.43. The van der Waals surface area contributed by atoms with Gasteiger partial charge in [0.05, 0.1) is 9.90 Å². The average molecular weight is 235 g/mol. The Balaban J connectivity index is 2.59. The van der Waals surface area contributed by atoms with Gasteiger partial charge < -0.3 is 0 Å². The second-order valence-corrected chi connectivity index (χ2v) is 4.39. The molecule has 1 N–H and O–H groups in total. The Morgan fingerprint density at radius 3 is 2.62 bits per heavy atom. The van der Waals surface area contributed by atoms with Crippen LogP contribution in [-0.2, 0) is 0 Å². The van der Waals surface area contributed by atoms with E-state index in [2.05, 4.69) is 20.6 Å². The molecule has 2 aromatic rings. The van der Waals surface area contributed by atoms with E-state index in [1.54, 1.807) is 0 Å². The van der Waals surface area contributed by atoms with Gasteiger partial charge in [-0.25, -0.2) is 5.10 Å². The lowest BCUT2D eigenvalue weighted by Crippen LogP contribution is -1.78. The van der Waals surface area contributed by atoms with Crippen LogP contribution in [0.1, 0.15) is 5.56 Å². The summed E-state index contributed by atoms with van der Waals surface area (Å²) in [5.41, 5.74) is 0.898. The zero-order chi connectivity index (χ0) is 9.42. The molecule has 0 spiro atoms. The Kier molecular flexibility index (Phi) is 2.23. The number of nitrogens with one attached hydrogen (secondary N) is 1. The minimum absolute atomic E-state index is 0.561. The number of thiophene rings is 1. The summed E-state index contributed by atoms with van der Waals surface area (Å²) in [5.74, 6) is 0.594. The quantitative estimate of drug-likeness (QED) is 0.826. The first kappa shape index (κ1) is 8.93. The number of aromatic amines is 1. The van der Waals surface area contributed by atoms with Crippen molar-refractivity contribution in [3.8, 4) is 10.7 Å². The average Bonchev–Trinajstić information content (AvgIpc) is 2.70. The zero-order valence-electron chi connectivity index (χ0n) is 6.51. The molecule has 13 heavy (non-hydrogen) atoms. The molecule has 0 saturated heterocycles. The van der Waals surface area contributed by atoms with Crippen LogP contribution < -0.4 is 0 Å². The smallest absolute Gasteiger partial charge is 0.189 e. The van der Waals surface area contributed by atoms with Gasteiger partial charge >= 0.3 is 0 Å². The van der Waals surface area contributed by atoms with E-state index in [0.29, 0.717) is 15.2 Å². The molecular weight excluding hydrogens is 231 g/mol. The van der Waals surface area contributed by atoms with Crippen LogP contribution in [0.3, 0.4) is 0 Å². The van der Waals surface area contributed by atoms with Crippen LogP contribution in [0.4, 0.5) is 0 Å². The number of aromatic nitrogens is 4. The monoisotopic (exact) mass is 234 g/mol. The molecule has 0 saturated carbocycles. The molecule has 0 unspecified atom stereocenters. The molecule has 0 radical (unpaired) electrons. The van der Waals surface area contributed by atoms with Crippen LogP contribution in [0.2, 0.25) is 9.36 Å². The maximum Gasteiger partial charge on any atom is 0.189 e. The molecule has 0 bridgehead atoms. The SMILES string of the molecule is Cc1c(-c2nnn[nH]2)sc(Cl)c1Cl. The highest BCUT2D eigenvalue weighted by atomic mass is 35.5. The standard InChI is InChI=1S/C6H4Cl2N4S/c1-2-3(7)5(8)13-4(2)6-9-11-12-10-6/h1H3,(H,9,10,11,12). The van der Waals surface area contributed by atoms with Gasteiger partial charge in [0, 0.05) is 0 Å². The van der Waals surface area contributed by atoms with Crippen molar-refractivity contribution in [2.45, 2.75) is 6.92 Å². The molecule has 0 aromatic carbocycles. The van der Waals surface area contributed by atoms with E-state index < -0.39 is 0 Å². The summed E-state index contributed by atoms with van der Waals surface area (Å²) in [4.78, 5) is 0.875. The van der Waals surface area contributed by atoms with Crippen molar-refractivity contribution in [2.75, 3.05) is 0 Å². The summed E-state index contributed by atoms with van der Waals surface area (Å²) in [6.45, 7) is 1.88. The van der Waals surface area contributed by atoms with Crippen molar-refractivity contribution in [1.29, 1.82) is 0 Å².